The number of ether oxygens (including phenoxy) is 1. The van der Waals surface area contributed by atoms with Gasteiger partial charge in [0, 0.05) is 19.6 Å². The second kappa shape index (κ2) is 3.84. The summed E-state index contributed by atoms with van der Waals surface area (Å²) in [5.74, 6) is 0.0737. The Kier molecular flexibility index (Phi) is 2.71. The number of amides is 1. The van der Waals surface area contributed by atoms with Gasteiger partial charge in [0.15, 0.2) is 0 Å². The molecule has 2 fully saturated rings. The first-order chi connectivity index (χ1) is 6.74. The number of carbonyl (C=O) groups excluding carboxylic acids is 1. The molecule has 1 amide bonds. The highest BCUT2D eigenvalue weighted by molar-refractivity contribution is 5.78. The molecule has 0 aromatic rings. The van der Waals surface area contributed by atoms with E-state index in [0.717, 1.165) is 13.1 Å². The lowest BCUT2D eigenvalue weighted by Gasteiger charge is -2.43. The molecule has 80 valence electrons. The summed E-state index contributed by atoms with van der Waals surface area (Å²) < 4.78 is 5.11. The molecule has 5 nitrogen and oxygen atoms in total. The van der Waals surface area contributed by atoms with Gasteiger partial charge in [-0.25, -0.2) is 0 Å². The third-order valence-electron chi connectivity index (χ3n) is 2.83. The summed E-state index contributed by atoms with van der Waals surface area (Å²) in [6, 6.07) is 0. The van der Waals surface area contributed by atoms with Crippen LogP contribution in [-0.2, 0) is 9.53 Å². The maximum Gasteiger partial charge on any atom is 0.234 e. The van der Waals surface area contributed by atoms with Crippen molar-refractivity contribution in [2.75, 3.05) is 46.0 Å². The Morgan fingerprint density at radius 3 is 2.86 bits per heavy atom. The molecule has 0 aromatic carbocycles. The van der Waals surface area contributed by atoms with Crippen molar-refractivity contribution in [3.63, 3.8) is 0 Å². The topological polar surface area (TPSA) is 61.8 Å². The number of nitrogens with one attached hydrogen (secondary N) is 1. The Labute approximate surface area is 83.0 Å². The second-order valence-electron chi connectivity index (χ2n) is 4.21. The van der Waals surface area contributed by atoms with E-state index in [1.807, 2.05) is 0 Å². The van der Waals surface area contributed by atoms with Gasteiger partial charge in [-0.15, -0.1) is 0 Å². The fourth-order valence-electron chi connectivity index (χ4n) is 1.92. The standard InChI is InChI=1S/C9H16N2O3/c12-5-9(6-14-7-9)4-11-2-1-10-8(13)3-11/h12H,1-7H2,(H,10,13). The summed E-state index contributed by atoms with van der Waals surface area (Å²) >= 11 is 0. The highest BCUT2D eigenvalue weighted by Crippen LogP contribution is 2.27. The van der Waals surface area contributed by atoms with E-state index in [4.69, 9.17) is 4.74 Å². The van der Waals surface area contributed by atoms with E-state index in [0.29, 0.717) is 26.3 Å². The number of hydrogen-bond donors (Lipinski definition) is 2. The van der Waals surface area contributed by atoms with Crippen LogP contribution in [0.25, 0.3) is 0 Å². The van der Waals surface area contributed by atoms with Crippen molar-refractivity contribution in [1.29, 1.82) is 0 Å². The van der Waals surface area contributed by atoms with Crippen LogP contribution in [-0.4, -0.2) is 61.9 Å². The fraction of sp³-hybridized carbons (Fsp3) is 0.889. The summed E-state index contributed by atoms with van der Waals surface area (Å²) in [4.78, 5) is 13.2. The van der Waals surface area contributed by atoms with E-state index < -0.39 is 0 Å². The van der Waals surface area contributed by atoms with Gasteiger partial charge in [0.25, 0.3) is 0 Å². The maximum atomic E-state index is 11.1. The first-order valence-electron chi connectivity index (χ1n) is 4.92. The van der Waals surface area contributed by atoms with Gasteiger partial charge in [-0.2, -0.15) is 0 Å². The molecule has 0 bridgehead atoms. The molecular weight excluding hydrogens is 184 g/mol. The molecule has 2 saturated heterocycles. The zero-order valence-corrected chi connectivity index (χ0v) is 8.16. The molecule has 0 aliphatic carbocycles. The Bertz CT molecular complexity index is 223. The highest BCUT2D eigenvalue weighted by atomic mass is 16.5. The number of aliphatic hydroxyl groups excluding tert-OH is 1. The fourth-order valence-corrected chi connectivity index (χ4v) is 1.92. The van der Waals surface area contributed by atoms with Crippen molar-refractivity contribution >= 4 is 5.91 Å². The van der Waals surface area contributed by atoms with E-state index in [1.165, 1.54) is 0 Å². The van der Waals surface area contributed by atoms with Gasteiger partial charge in [-0.05, 0) is 0 Å². The lowest BCUT2D eigenvalue weighted by Crippen LogP contribution is -2.57. The molecular formula is C9H16N2O3. The van der Waals surface area contributed by atoms with Crippen LogP contribution in [0.4, 0.5) is 0 Å². The smallest absolute Gasteiger partial charge is 0.234 e. The van der Waals surface area contributed by atoms with E-state index in [9.17, 15) is 9.90 Å². The lowest BCUT2D eigenvalue weighted by molar-refractivity contribution is -0.152. The van der Waals surface area contributed by atoms with Crippen molar-refractivity contribution in [2.24, 2.45) is 5.41 Å². The van der Waals surface area contributed by atoms with Gasteiger partial charge >= 0.3 is 0 Å². The second-order valence-corrected chi connectivity index (χ2v) is 4.21. The van der Waals surface area contributed by atoms with Crippen LogP contribution in [0.2, 0.25) is 0 Å². The molecule has 0 atom stereocenters. The van der Waals surface area contributed by atoms with Crippen LogP contribution >= 0.6 is 0 Å². The molecule has 2 rings (SSSR count). The minimum atomic E-state index is -0.113. The van der Waals surface area contributed by atoms with Crippen LogP contribution < -0.4 is 5.32 Å². The molecule has 2 heterocycles. The molecule has 14 heavy (non-hydrogen) atoms. The largest absolute Gasteiger partial charge is 0.396 e. The predicted molar refractivity (Wildman–Crippen MR) is 49.8 cm³/mol. The molecule has 0 saturated carbocycles. The van der Waals surface area contributed by atoms with Crippen LogP contribution in [0.1, 0.15) is 0 Å². The molecule has 5 heteroatoms. The van der Waals surface area contributed by atoms with Crippen LogP contribution in [0.15, 0.2) is 0 Å². The Morgan fingerprint density at radius 2 is 2.36 bits per heavy atom. The average Bonchev–Trinajstić information content (AvgIpc) is 2.11. The van der Waals surface area contributed by atoms with Crippen LogP contribution in [0, 0.1) is 5.41 Å². The van der Waals surface area contributed by atoms with Gasteiger partial charge in [-0.3, -0.25) is 9.69 Å². The first-order valence-corrected chi connectivity index (χ1v) is 4.92. The molecule has 2 aliphatic rings. The maximum absolute atomic E-state index is 11.1. The average molecular weight is 200 g/mol. The van der Waals surface area contributed by atoms with Crippen molar-refractivity contribution in [1.82, 2.24) is 10.2 Å². The van der Waals surface area contributed by atoms with Gasteiger partial charge < -0.3 is 15.2 Å². The van der Waals surface area contributed by atoms with Gasteiger partial charge in [-0.1, -0.05) is 0 Å². The zero-order chi connectivity index (χ0) is 10.0. The van der Waals surface area contributed by atoms with Crippen molar-refractivity contribution in [3.05, 3.63) is 0 Å². The van der Waals surface area contributed by atoms with E-state index in [-0.39, 0.29) is 17.9 Å². The zero-order valence-electron chi connectivity index (χ0n) is 8.16. The third-order valence-corrected chi connectivity index (χ3v) is 2.83. The van der Waals surface area contributed by atoms with Gasteiger partial charge in [0.05, 0.1) is 31.8 Å². The van der Waals surface area contributed by atoms with E-state index in [2.05, 4.69) is 10.2 Å². The van der Waals surface area contributed by atoms with Crippen LogP contribution in [0.3, 0.4) is 0 Å². The number of piperazine rings is 1. The Morgan fingerprint density at radius 1 is 1.57 bits per heavy atom. The molecule has 2 aliphatic heterocycles. The summed E-state index contributed by atoms with van der Waals surface area (Å²) in [5.41, 5.74) is -0.113. The van der Waals surface area contributed by atoms with Crippen molar-refractivity contribution < 1.29 is 14.6 Å². The van der Waals surface area contributed by atoms with Gasteiger partial charge in [0.1, 0.15) is 0 Å². The molecule has 2 N–H and O–H groups in total. The predicted octanol–water partition coefficient (Wildman–Crippen LogP) is -1.57. The summed E-state index contributed by atoms with van der Waals surface area (Å²) in [6.07, 6.45) is 0. The lowest BCUT2D eigenvalue weighted by atomic mass is 9.86. The number of rotatable bonds is 3. The summed E-state index contributed by atoms with van der Waals surface area (Å²) in [5, 5.41) is 12.0. The van der Waals surface area contributed by atoms with Gasteiger partial charge in [0.2, 0.25) is 5.91 Å². The minimum absolute atomic E-state index is 0.0737. The third kappa shape index (κ3) is 1.89. The van der Waals surface area contributed by atoms with Crippen molar-refractivity contribution in [2.45, 2.75) is 0 Å². The molecule has 0 radical (unpaired) electrons. The van der Waals surface area contributed by atoms with Crippen LogP contribution in [0.5, 0.6) is 0 Å². The molecule has 0 aromatic heterocycles. The van der Waals surface area contributed by atoms with E-state index in [1.54, 1.807) is 0 Å². The number of carbonyl (C=O) groups is 1. The SMILES string of the molecule is O=C1CN(CC2(CO)COC2)CCN1. The number of hydrogen-bond acceptors (Lipinski definition) is 4. The minimum Gasteiger partial charge on any atom is -0.396 e. The number of nitrogens with zero attached hydrogens (tertiary/aromatic N) is 1. The van der Waals surface area contributed by atoms with Crippen molar-refractivity contribution in [3.8, 4) is 0 Å². The van der Waals surface area contributed by atoms with E-state index >= 15 is 0 Å². The molecule has 0 unspecified atom stereocenters. The number of aliphatic hydroxyl groups is 1. The Balaban J connectivity index is 1.86. The summed E-state index contributed by atoms with van der Waals surface area (Å²) in [6.45, 7) is 4.15. The Hall–Kier alpha value is -0.650. The highest BCUT2D eigenvalue weighted by Gasteiger charge is 2.40. The normalized spacial score (nSPS) is 26.8. The monoisotopic (exact) mass is 200 g/mol. The molecule has 0 spiro atoms. The first kappa shape index (κ1) is 9.89. The quantitative estimate of drug-likeness (QED) is 0.577. The summed E-state index contributed by atoms with van der Waals surface area (Å²) in [7, 11) is 0.